The summed E-state index contributed by atoms with van der Waals surface area (Å²) in [7, 11) is 2.99. The SMILES string of the molecule is COc1cc(OC)c2c(=O)cc(Cl)oc2c1. The Morgan fingerprint density at radius 1 is 1.19 bits per heavy atom. The highest BCUT2D eigenvalue weighted by molar-refractivity contribution is 6.29. The molecule has 0 aliphatic heterocycles. The van der Waals surface area contributed by atoms with Crippen LogP contribution in [0.4, 0.5) is 0 Å². The molecule has 1 heterocycles. The van der Waals surface area contributed by atoms with Crippen molar-refractivity contribution in [1.82, 2.24) is 0 Å². The Balaban J connectivity index is 2.89. The molecule has 2 aromatic rings. The highest BCUT2D eigenvalue weighted by atomic mass is 35.5. The molecule has 0 amide bonds. The summed E-state index contributed by atoms with van der Waals surface area (Å²) in [4.78, 5) is 11.7. The number of benzene rings is 1. The fourth-order valence-electron chi connectivity index (χ4n) is 1.48. The fourth-order valence-corrected chi connectivity index (χ4v) is 1.66. The summed E-state index contributed by atoms with van der Waals surface area (Å²) in [5.74, 6) is 0.939. The van der Waals surface area contributed by atoms with Crippen LogP contribution in [0.2, 0.25) is 5.22 Å². The summed E-state index contributed by atoms with van der Waals surface area (Å²) in [6, 6.07) is 4.41. The zero-order valence-electron chi connectivity index (χ0n) is 8.74. The van der Waals surface area contributed by atoms with E-state index in [0.29, 0.717) is 22.5 Å². The lowest BCUT2D eigenvalue weighted by atomic mass is 10.2. The van der Waals surface area contributed by atoms with E-state index in [1.807, 2.05) is 0 Å². The molecule has 0 bridgehead atoms. The molecule has 0 N–H and O–H groups in total. The van der Waals surface area contributed by atoms with Gasteiger partial charge in [0.1, 0.15) is 22.5 Å². The summed E-state index contributed by atoms with van der Waals surface area (Å²) in [5.41, 5.74) is 0.0967. The van der Waals surface area contributed by atoms with Crippen molar-refractivity contribution in [2.75, 3.05) is 14.2 Å². The first-order chi connectivity index (χ1) is 7.65. The maximum atomic E-state index is 11.7. The summed E-state index contributed by atoms with van der Waals surface area (Å²) >= 11 is 5.67. The van der Waals surface area contributed by atoms with Crippen molar-refractivity contribution in [2.24, 2.45) is 0 Å². The summed E-state index contributed by atoms with van der Waals surface area (Å²) in [5, 5.41) is 0.389. The first kappa shape index (κ1) is 10.8. The third-order valence-electron chi connectivity index (χ3n) is 2.19. The van der Waals surface area contributed by atoms with Gasteiger partial charge in [-0.2, -0.15) is 0 Å². The molecule has 84 valence electrons. The van der Waals surface area contributed by atoms with E-state index in [9.17, 15) is 4.79 Å². The van der Waals surface area contributed by atoms with Gasteiger partial charge in [0.25, 0.3) is 0 Å². The van der Waals surface area contributed by atoms with Crippen molar-refractivity contribution >= 4 is 22.6 Å². The van der Waals surface area contributed by atoms with Crippen molar-refractivity contribution in [1.29, 1.82) is 0 Å². The molecule has 4 nitrogen and oxygen atoms in total. The Morgan fingerprint density at radius 2 is 1.94 bits per heavy atom. The zero-order valence-corrected chi connectivity index (χ0v) is 9.50. The second-order valence-corrected chi connectivity index (χ2v) is 3.49. The van der Waals surface area contributed by atoms with E-state index >= 15 is 0 Å². The fraction of sp³-hybridized carbons (Fsp3) is 0.182. The molecular formula is C11H9ClO4. The average molecular weight is 241 g/mol. The maximum absolute atomic E-state index is 11.7. The summed E-state index contributed by atoms with van der Waals surface area (Å²) < 4.78 is 15.4. The molecule has 0 fully saturated rings. The van der Waals surface area contributed by atoms with Crippen molar-refractivity contribution in [3.8, 4) is 11.5 Å². The standard InChI is InChI=1S/C11H9ClO4/c1-14-6-3-8(15-2)11-7(13)5-10(12)16-9(11)4-6/h3-5H,1-2H3. The predicted octanol–water partition coefficient (Wildman–Crippen LogP) is 2.46. The highest BCUT2D eigenvalue weighted by Crippen LogP contribution is 2.29. The molecule has 0 radical (unpaired) electrons. The van der Waals surface area contributed by atoms with Crippen LogP contribution in [0.5, 0.6) is 11.5 Å². The van der Waals surface area contributed by atoms with Crippen LogP contribution in [-0.2, 0) is 0 Å². The Kier molecular flexibility index (Phi) is 2.75. The van der Waals surface area contributed by atoms with Crippen LogP contribution >= 0.6 is 11.6 Å². The van der Waals surface area contributed by atoms with Crippen LogP contribution < -0.4 is 14.9 Å². The maximum Gasteiger partial charge on any atom is 0.198 e. The Morgan fingerprint density at radius 3 is 2.56 bits per heavy atom. The lowest BCUT2D eigenvalue weighted by molar-refractivity contribution is 0.396. The number of hydrogen-bond acceptors (Lipinski definition) is 4. The van der Waals surface area contributed by atoms with E-state index in [2.05, 4.69) is 0 Å². The van der Waals surface area contributed by atoms with Gasteiger partial charge in [-0.3, -0.25) is 4.79 Å². The molecule has 16 heavy (non-hydrogen) atoms. The lowest BCUT2D eigenvalue weighted by Crippen LogP contribution is -2.02. The van der Waals surface area contributed by atoms with Crippen LogP contribution in [0.3, 0.4) is 0 Å². The summed E-state index contributed by atoms with van der Waals surface area (Å²) in [6.07, 6.45) is 0. The van der Waals surface area contributed by atoms with E-state index in [-0.39, 0.29) is 10.6 Å². The van der Waals surface area contributed by atoms with Gasteiger partial charge < -0.3 is 13.9 Å². The van der Waals surface area contributed by atoms with Crippen LogP contribution in [0.15, 0.2) is 27.4 Å². The molecule has 5 heteroatoms. The van der Waals surface area contributed by atoms with Crippen molar-refractivity contribution in [3.63, 3.8) is 0 Å². The first-order valence-corrected chi connectivity index (χ1v) is 4.89. The number of ether oxygens (including phenoxy) is 2. The van der Waals surface area contributed by atoms with Gasteiger partial charge in [0, 0.05) is 18.2 Å². The number of fused-ring (bicyclic) bond motifs is 1. The van der Waals surface area contributed by atoms with Crippen molar-refractivity contribution < 1.29 is 13.9 Å². The van der Waals surface area contributed by atoms with Gasteiger partial charge in [0.2, 0.25) is 0 Å². The molecular weight excluding hydrogens is 232 g/mol. The summed E-state index contributed by atoms with van der Waals surface area (Å²) in [6.45, 7) is 0. The smallest absolute Gasteiger partial charge is 0.198 e. The van der Waals surface area contributed by atoms with Crippen molar-refractivity contribution in [3.05, 3.63) is 33.6 Å². The molecule has 0 saturated heterocycles. The predicted molar refractivity (Wildman–Crippen MR) is 60.6 cm³/mol. The number of hydrogen-bond donors (Lipinski definition) is 0. The normalized spacial score (nSPS) is 10.4. The molecule has 0 saturated carbocycles. The number of methoxy groups -OCH3 is 2. The second kappa shape index (κ2) is 4.06. The quantitative estimate of drug-likeness (QED) is 0.809. The van der Waals surface area contributed by atoms with E-state index in [4.69, 9.17) is 25.5 Å². The van der Waals surface area contributed by atoms with E-state index in [0.717, 1.165) is 0 Å². The topological polar surface area (TPSA) is 48.7 Å². The monoisotopic (exact) mass is 240 g/mol. The molecule has 0 atom stereocenters. The Hall–Kier alpha value is -1.68. The minimum atomic E-state index is -0.245. The Bertz CT molecular complexity index is 588. The van der Waals surface area contributed by atoms with Crippen LogP contribution in [0, 0.1) is 0 Å². The number of rotatable bonds is 2. The van der Waals surface area contributed by atoms with Gasteiger partial charge in [0.15, 0.2) is 10.6 Å². The third kappa shape index (κ3) is 1.72. The second-order valence-electron chi connectivity index (χ2n) is 3.12. The van der Waals surface area contributed by atoms with Crippen LogP contribution in [-0.4, -0.2) is 14.2 Å². The van der Waals surface area contributed by atoms with Gasteiger partial charge in [-0.25, -0.2) is 0 Å². The minimum Gasteiger partial charge on any atom is -0.496 e. The van der Waals surface area contributed by atoms with Crippen molar-refractivity contribution in [2.45, 2.75) is 0 Å². The van der Waals surface area contributed by atoms with E-state index in [1.54, 1.807) is 12.1 Å². The molecule has 0 unspecified atom stereocenters. The first-order valence-electron chi connectivity index (χ1n) is 4.51. The molecule has 0 spiro atoms. The van der Waals surface area contributed by atoms with Gasteiger partial charge in [-0.1, -0.05) is 0 Å². The van der Waals surface area contributed by atoms with Gasteiger partial charge >= 0.3 is 0 Å². The molecule has 1 aromatic heterocycles. The largest absolute Gasteiger partial charge is 0.496 e. The van der Waals surface area contributed by atoms with E-state index < -0.39 is 0 Å². The van der Waals surface area contributed by atoms with Gasteiger partial charge in [0.05, 0.1) is 14.2 Å². The highest BCUT2D eigenvalue weighted by Gasteiger charge is 2.11. The third-order valence-corrected chi connectivity index (χ3v) is 2.38. The number of halogens is 1. The molecule has 0 aliphatic carbocycles. The van der Waals surface area contributed by atoms with E-state index in [1.165, 1.54) is 20.3 Å². The molecule has 2 rings (SSSR count). The van der Waals surface area contributed by atoms with Crippen LogP contribution in [0.1, 0.15) is 0 Å². The molecule has 1 aromatic carbocycles. The van der Waals surface area contributed by atoms with Gasteiger partial charge in [-0.05, 0) is 11.6 Å². The molecule has 0 aliphatic rings. The van der Waals surface area contributed by atoms with Gasteiger partial charge in [-0.15, -0.1) is 0 Å². The average Bonchev–Trinajstić information content (AvgIpc) is 2.26. The lowest BCUT2D eigenvalue weighted by Gasteiger charge is -2.07. The van der Waals surface area contributed by atoms with Crippen LogP contribution in [0.25, 0.3) is 11.0 Å². The zero-order chi connectivity index (χ0) is 11.7. The minimum absolute atomic E-state index is 0.0350. The Labute approximate surface area is 96.3 Å².